The molecule has 1 amide bonds. The minimum absolute atomic E-state index is 0.0234. The highest BCUT2D eigenvalue weighted by atomic mass is 16.5. The Labute approximate surface area is 93.8 Å². The first-order valence-electron chi connectivity index (χ1n) is 5.53. The van der Waals surface area contributed by atoms with Gasteiger partial charge in [-0.05, 0) is 26.3 Å². The van der Waals surface area contributed by atoms with E-state index in [1.54, 1.807) is 6.92 Å². The van der Waals surface area contributed by atoms with Gasteiger partial charge in [-0.25, -0.2) is 0 Å². The molecule has 1 atom stereocenters. The molecule has 0 aliphatic carbocycles. The van der Waals surface area contributed by atoms with E-state index in [0.717, 1.165) is 19.4 Å². The number of rotatable bonds is 4. The molecule has 2 N–H and O–H groups in total. The first-order chi connectivity index (χ1) is 7.74. The lowest BCUT2D eigenvalue weighted by Crippen LogP contribution is -2.31. The van der Waals surface area contributed by atoms with Crippen LogP contribution in [0.25, 0.3) is 0 Å². The molecule has 0 saturated carbocycles. The van der Waals surface area contributed by atoms with Crippen LogP contribution in [0.1, 0.15) is 31.0 Å². The summed E-state index contributed by atoms with van der Waals surface area (Å²) < 4.78 is 4.89. The summed E-state index contributed by atoms with van der Waals surface area (Å²) in [6, 6.07) is 0.324. The molecule has 6 nitrogen and oxygen atoms in total. The molecule has 1 aromatic heterocycles. The van der Waals surface area contributed by atoms with Crippen LogP contribution in [0.3, 0.4) is 0 Å². The van der Waals surface area contributed by atoms with Gasteiger partial charge < -0.3 is 15.2 Å². The molecular formula is C10H16N4O2. The Hall–Kier alpha value is -1.43. The summed E-state index contributed by atoms with van der Waals surface area (Å²) in [6.07, 6.45) is 2.75. The van der Waals surface area contributed by atoms with E-state index in [0.29, 0.717) is 30.7 Å². The third kappa shape index (κ3) is 3.03. The Bertz CT molecular complexity index is 357. The van der Waals surface area contributed by atoms with E-state index in [1.165, 1.54) is 0 Å². The molecule has 1 aliphatic heterocycles. The lowest BCUT2D eigenvalue weighted by molar-refractivity contribution is -0.121. The molecule has 0 aromatic carbocycles. The van der Waals surface area contributed by atoms with Crippen molar-refractivity contribution in [1.82, 2.24) is 20.8 Å². The Morgan fingerprint density at radius 3 is 3.19 bits per heavy atom. The van der Waals surface area contributed by atoms with Gasteiger partial charge in [0, 0.05) is 12.5 Å². The number of carbonyl (C=O) groups is 1. The van der Waals surface area contributed by atoms with Crippen molar-refractivity contribution in [3.05, 3.63) is 11.7 Å². The number of hydrogen-bond acceptors (Lipinski definition) is 5. The van der Waals surface area contributed by atoms with Gasteiger partial charge in [0.05, 0.1) is 6.54 Å². The van der Waals surface area contributed by atoms with Crippen LogP contribution in [0.2, 0.25) is 0 Å². The Balaban J connectivity index is 1.71. The smallest absolute Gasteiger partial charge is 0.246 e. The summed E-state index contributed by atoms with van der Waals surface area (Å²) >= 11 is 0. The molecule has 1 aliphatic rings. The topological polar surface area (TPSA) is 80.0 Å². The van der Waals surface area contributed by atoms with Crippen molar-refractivity contribution < 1.29 is 9.32 Å². The van der Waals surface area contributed by atoms with Crippen molar-refractivity contribution in [2.24, 2.45) is 0 Å². The van der Waals surface area contributed by atoms with Crippen molar-refractivity contribution in [3.8, 4) is 0 Å². The second kappa shape index (κ2) is 5.07. The normalized spacial score (nSPS) is 19.9. The fourth-order valence-corrected chi connectivity index (χ4v) is 1.81. The van der Waals surface area contributed by atoms with Crippen LogP contribution in [0.15, 0.2) is 4.52 Å². The maximum atomic E-state index is 11.5. The van der Waals surface area contributed by atoms with E-state index < -0.39 is 0 Å². The van der Waals surface area contributed by atoms with Gasteiger partial charge in [-0.3, -0.25) is 4.79 Å². The highest BCUT2D eigenvalue weighted by molar-refractivity contribution is 5.76. The van der Waals surface area contributed by atoms with Crippen molar-refractivity contribution in [3.63, 3.8) is 0 Å². The average molecular weight is 224 g/mol. The van der Waals surface area contributed by atoms with Crippen LogP contribution >= 0.6 is 0 Å². The van der Waals surface area contributed by atoms with Crippen LogP contribution in [-0.2, 0) is 11.3 Å². The Kier molecular flexibility index (Phi) is 3.51. The molecule has 6 heteroatoms. The maximum absolute atomic E-state index is 11.5. The molecule has 0 radical (unpaired) electrons. The van der Waals surface area contributed by atoms with E-state index in [2.05, 4.69) is 20.8 Å². The first kappa shape index (κ1) is 11.1. The van der Waals surface area contributed by atoms with Crippen LogP contribution in [0.4, 0.5) is 0 Å². The number of nitrogens with zero attached hydrogens (tertiary/aromatic N) is 2. The van der Waals surface area contributed by atoms with Gasteiger partial charge in [-0.1, -0.05) is 5.16 Å². The van der Waals surface area contributed by atoms with Crippen LogP contribution < -0.4 is 10.6 Å². The van der Waals surface area contributed by atoms with E-state index >= 15 is 0 Å². The molecule has 1 aromatic rings. The zero-order valence-corrected chi connectivity index (χ0v) is 9.32. The minimum Gasteiger partial charge on any atom is -0.347 e. The van der Waals surface area contributed by atoms with Gasteiger partial charge in [0.25, 0.3) is 0 Å². The number of aryl methyl sites for hydroxylation is 1. The summed E-state index contributed by atoms with van der Waals surface area (Å²) in [5, 5.41) is 9.69. The largest absolute Gasteiger partial charge is 0.347 e. The lowest BCUT2D eigenvalue weighted by atomic mass is 10.1. The van der Waals surface area contributed by atoms with E-state index in [1.807, 2.05) is 0 Å². The van der Waals surface area contributed by atoms with Gasteiger partial charge >= 0.3 is 0 Å². The number of carbonyl (C=O) groups excluding carboxylic acids is 1. The van der Waals surface area contributed by atoms with Crippen molar-refractivity contribution >= 4 is 5.91 Å². The summed E-state index contributed by atoms with van der Waals surface area (Å²) in [5.41, 5.74) is 0. The fourth-order valence-electron chi connectivity index (χ4n) is 1.81. The molecule has 2 heterocycles. The second-order valence-electron chi connectivity index (χ2n) is 4.01. The molecule has 1 fully saturated rings. The molecule has 88 valence electrons. The van der Waals surface area contributed by atoms with Crippen LogP contribution in [0.5, 0.6) is 0 Å². The quantitative estimate of drug-likeness (QED) is 0.760. The average Bonchev–Trinajstić information content (AvgIpc) is 2.87. The highest BCUT2D eigenvalue weighted by Gasteiger charge is 2.17. The molecular weight excluding hydrogens is 208 g/mol. The number of amides is 1. The second-order valence-corrected chi connectivity index (χ2v) is 4.01. The summed E-state index contributed by atoms with van der Waals surface area (Å²) in [5.74, 6) is 1.06. The zero-order chi connectivity index (χ0) is 11.4. The van der Waals surface area contributed by atoms with Crippen molar-refractivity contribution in [2.45, 2.75) is 38.8 Å². The van der Waals surface area contributed by atoms with Crippen LogP contribution in [-0.4, -0.2) is 28.6 Å². The number of aromatic nitrogens is 2. The molecule has 0 bridgehead atoms. The maximum Gasteiger partial charge on any atom is 0.246 e. The van der Waals surface area contributed by atoms with E-state index in [-0.39, 0.29) is 5.91 Å². The van der Waals surface area contributed by atoms with E-state index in [9.17, 15) is 4.79 Å². The van der Waals surface area contributed by atoms with Crippen molar-refractivity contribution in [2.75, 3.05) is 6.54 Å². The lowest BCUT2D eigenvalue weighted by Gasteiger charge is -2.08. The Morgan fingerprint density at radius 1 is 1.69 bits per heavy atom. The van der Waals surface area contributed by atoms with E-state index in [4.69, 9.17) is 4.52 Å². The zero-order valence-electron chi connectivity index (χ0n) is 9.32. The molecule has 16 heavy (non-hydrogen) atoms. The summed E-state index contributed by atoms with van der Waals surface area (Å²) in [6.45, 7) is 3.07. The van der Waals surface area contributed by atoms with Gasteiger partial charge in [0.1, 0.15) is 0 Å². The Morgan fingerprint density at radius 2 is 2.56 bits per heavy atom. The fraction of sp³-hybridized carbons (Fsp3) is 0.700. The van der Waals surface area contributed by atoms with Gasteiger partial charge in [0.2, 0.25) is 11.8 Å². The molecule has 0 spiro atoms. The standard InChI is InChI=1S/C10H16N4O2/c1-7-13-10(16-14-7)6-12-9(15)5-8-3-2-4-11-8/h8,11H,2-6H2,1H3,(H,12,15). The predicted octanol–water partition coefficient (Wildman–Crippen LogP) is 0.136. The van der Waals surface area contributed by atoms with Crippen molar-refractivity contribution in [1.29, 1.82) is 0 Å². The molecule has 1 saturated heterocycles. The van der Waals surface area contributed by atoms with Gasteiger partial charge in [0.15, 0.2) is 5.82 Å². The number of nitrogens with one attached hydrogen (secondary N) is 2. The molecule has 2 rings (SSSR count). The monoisotopic (exact) mass is 224 g/mol. The SMILES string of the molecule is Cc1noc(CNC(=O)CC2CCCN2)n1. The van der Waals surface area contributed by atoms with Gasteiger partial charge in [-0.2, -0.15) is 4.98 Å². The highest BCUT2D eigenvalue weighted by Crippen LogP contribution is 2.08. The first-order valence-corrected chi connectivity index (χ1v) is 5.53. The third-order valence-corrected chi connectivity index (χ3v) is 2.60. The van der Waals surface area contributed by atoms with Gasteiger partial charge in [-0.15, -0.1) is 0 Å². The summed E-state index contributed by atoms with van der Waals surface area (Å²) in [4.78, 5) is 15.5. The molecule has 1 unspecified atom stereocenters. The third-order valence-electron chi connectivity index (χ3n) is 2.60. The van der Waals surface area contributed by atoms with Crippen LogP contribution in [0, 0.1) is 6.92 Å². The summed E-state index contributed by atoms with van der Waals surface area (Å²) in [7, 11) is 0. The number of hydrogen-bond donors (Lipinski definition) is 2. The minimum atomic E-state index is 0.0234. The predicted molar refractivity (Wildman–Crippen MR) is 56.5 cm³/mol.